The number of ether oxygens (including phenoxy) is 1. The zero-order valence-electron chi connectivity index (χ0n) is 6.34. The molecule has 0 aliphatic carbocycles. The lowest BCUT2D eigenvalue weighted by atomic mass is 10.3. The van der Waals surface area contributed by atoms with Crippen LogP contribution in [0.15, 0.2) is 28.7 Å². The summed E-state index contributed by atoms with van der Waals surface area (Å²) >= 11 is 3.11. The molecule has 0 aliphatic heterocycles. The number of hydrogen-bond acceptors (Lipinski definition) is 2. The van der Waals surface area contributed by atoms with Crippen LogP contribution in [0, 0.1) is 0 Å². The molecule has 1 rings (SSSR count). The summed E-state index contributed by atoms with van der Waals surface area (Å²) in [5.74, 6) is -1.45. The van der Waals surface area contributed by atoms with E-state index >= 15 is 0 Å². The Balaban J connectivity index is 2.69. The number of carbonyl (C=O) groups excluding carboxylic acids is 1. The number of esters is 1. The van der Waals surface area contributed by atoms with Crippen LogP contribution in [0.1, 0.15) is 0 Å². The van der Waals surface area contributed by atoms with Crippen molar-refractivity contribution in [3.63, 3.8) is 0 Å². The van der Waals surface area contributed by atoms with Gasteiger partial charge in [0.25, 0.3) is 0 Å². The van der Waals surface area contributed by atoms with E-state index in [1.165, 1.54) is 12.1 Å². The minimum atomic E-state index is -3.10. The molecule has 0 radical (unpaired) electrons. The molecule has 0 N–H and O–H groups in total. The van der Waals surface area contributed by atoms with Gasteiger partial charge in [-0.25, -0.2) is 4.79 Å². The van der Waals surface area contributed by atoms with E-state index in [0.717, 1.165) is 0 Å². The summed E-state index contributed by atoms with van der Waals surface area (Å²) < 4.78 is 28.5. The Bertz CT molecular complexity index is 315. The molecule has 0 saturated heterocycles. The van der Waals surface area contributed by atoms with Crippen molar-refractivity contribution in [1.82, 2.24) is 0 Å². The van der Waals surface area contributed by atoms with E-state index in [4.69, 9.17) is 0 Å². The second-order valence-corrected chi connectivity index (χ2v) is 3.09. The third-order valence-corrected chi connectivity index (χ3v) is 1.69. The third-order valence-electron chi connectivity index (χ3n) is 1.19. The molecule has 1 aromatic carbocycles. The molecule has 0 aliphatic rings. The van der Waals surface area contributed by atoms with Crippen LogP contribution >= 0.6 is 15.9 Å². The van der Waals surface area contributed by atoms with Crippen molar-refractivity contribution in [2.45, 2.75) is 6.43 Å². The summed E-state index contributed by atoms with van der Waals surface area (Å²) in [7, 11) is 0. The minimum absolute atomic E-state index is 0.0969. The molecule has 0 heterocycles. The van der Waals surface area contributed by atoms with Crippen molar-refractivity contribution >= 4 is 21.9 Å². The van der Waals surface area contributed by atoms with Gasteiger partial charge in [-0.15, -0.1) is 0 Å². The maximum atomic E-state index is 11.7. The summed E-state index contributed by atoms with van der Waals surface area (Å²) in [5, 5.41) is 0. The molecule has 70 valence electrons. The van der Waals surface area contributed by atoms with Crippen LogP contribution in [0.25, 0.3) is 0 Å². The van der Waals surface area contributed by atoms with Crippen molar-refractivity contribution in [1.29, 1.82) is 0 Å². The van der Waals surface area contributed by atoms with Crippen LogP contribution < -0.4 is 4.74 Å². The molecule has 1 aromatic rings. The van der Waals surface area contributed by atoms with E-state index in [9.17, 15) is 13.6 Å². The van der Waals surface area contributed by atoms with Gasteiger partial charge < -0.3 is 4.74 Å². The molecule has 2 nitrogen and oxygen atoms in total. The number of benzene rings is 1. The summed E-state index contributed by atoms with van der Waals surface area (Å²) in [5.41, 5.74) is 0. The SMILES string of the molecule is O=C(Oc1cccc(Br)c1)C(F)F. The average Bonchev–Trinajstić information content (AvgIpc) is 2.04. The quantitative estimate of drug-likeness (QED) is 0.596. The lowest BCUT2D eigenvalue weighted by Crippen LogP contribution is -2.17. The highest BCUT2D eigenvalue weighted by Crippen LogP contribution is 2.18. The highest BCUT2D eigenvalue weighted by atomic mass is 79.9. The van der Waals surface area contributed by atoms with E-state index in [1.807, 2.05) is 0 Å². The fourth-order valence-corrected chi connectivity index (χ4v) is 1.07. The number of carbonyl (C=O) groups is 1. The predicted octanol–water partition coefficient (Wildman–Crippen LogP) is 2.62. The van der Waals surface area contributed by atoms with E-state index in [2.05, 4.69) is 20.7 Å². The summed E-state index contributed by atoms with van der Waals surface area (Å²) in [6.45, 7) is 0. The highest BCUT2D eigenvalue weighted by molar-refractivity contribution is 9.10. The Morgan fingerprint density at radius 1 is 1.46 bits per heavy atom. The van der Waals surface area contributed by atoms with Gasteiger partial charge in [-0.3, -0.25) is 0 Å². The van der Waals surface area contributed by atoms with Crippen molar-refractivity contribution in [3.05, 3.63) is 28.7 Å². The van der Waals surface area contributed by atoms with Crippen molar-refractivity contribution in [2.24, 2.45) is 0 Å². The molecular formula is C8H5BrF2O2. The Kier molecular flexibility index (Phi) is 3.36. The lowest BCUT2D eigenvalue weighted by Gasteiger charge is -2.02. The third kappa shape index (κ3) is 3.10. The molecule has 0 saturated carbocycles. The van der Waals surface area contributed by atoms with Gasteiger partial charge in [0.2, 0.25) is 0 Å². The van der Waals surface area contributed by atoms with Crippen LogP contribution in [0.5, 0.6) is 5.75 Å². The first-order valence-corrected chi connectivity index (χ1v) is 4.14. The standard InChI is InChI=1S/C8H5BrF2O2/c9-5-2-1-3-6(4-5)13-8(12)7(10)11/h1-4,7H. The van der Waals surface area contributed by atoms with Gasteiger partial charge in [-0.1, -0.05) is 22.0 Å². The second kappa shape index (κ2) is 4.32. The maximum absolute atomic E-state index is 11.7. The van der Waals surface area contributed by atoms with Gasteiger partial charge in [0.1, 0.15) is 5.75 Å². The maximum Gasteiger partial charge on any atom is 0.379 e. The monoisotopic (exact) mass is 250 g/mol. The first-order chi connectivity index (χ1) is 6.09. The molecular weight excluding hydrogens is 246 g/mol. The number of rotatable bonds is 2. The molecule has 0 atom stereocenters. The lowest BCUT2D eigenvalue weighted by molar-refractivity contribution is -0.146. The fraction of sp³-hybridized carbons (Fsp3) is 0.125. The molecule has 0 bridgehead atoms. The van der Waals surface area contributed by atoms with Crippen LogP contribution in [0.3, 0.4) is 0 Å². The largest absolute Gasteiger partial charge is 0.422 e. The minimum Gasteiger partial charge on any atom is -0.422 e. The van der Waals surface area contributed by atoms with Gasteiger partial charge in [0.05, 0.1) is 0 Å². The van der Waals surface area contributed by atoms with E-state index < -0.39 is 12.4 Å². The first-order valence-electron chi connectivity index (χ1n) is 3.35. The Hall–Kier alpha value is -0.970. The molecule has 0 spiro atoms. The van der Waals surface area contributed by atoms with Gasteiger partial charge in [-0.2, -0.15) is 8.78 Å². The van der Waals surface area contributed by atoms with Crippen molar-refractivity contribution < 1.29 is 18.3 Å². The van der Waals surface area contributed by atoms with Crippen LogP contribution in [-0.4, -0.2) is 12.4 Å². The van der Waals surface area contributed by atoms with Crippen LogP contribution in [-0.2, 0) is 4.79 Å². The van der Waals surface area contributed by atoms with Crippen molar-refractivity contribution in [3.8, 4) is 5.75 Å². The molecule has 5 heteroatoms. The Morgan fingerprint density at radius 3 is 2.69 bits per heavy atom. The Morgan fingerprint density at radius 2 is 2.15 bits per heavy atom. The van der Waals surface area contributed by atoms with Gasteiger partial charge in [0.15, 0.2) is 0 Å². The number of halogens is 3. The molecule has 13 heavy (non-hydrogen) atoms. The van der Waals surface area contributed by atoms with Gasteiger partial charge >= 0.3 is 12.4 Å². The van der Waals surface area contributed by atoms with E-state index in [-0.39, 0.29) is 5.75 Å². The zero-order chi connectivity index (χ0) is 9.84. The summed E-state index contributed by atoms with van der Waals surface area (Å²) in [4.78, 5) is 10.4. The second-order valence-electron chi connectivity index (χ2n) is 2.18. The predicted molar refractivity (Wildman–Crippen MR) is 45.8 cm³/mol. The zero-order valence-corrected chi connectivity index (χ0v) is 7.92. The molecule has 0 fully saturated rings. The summed E-state index contributed by atoms with van der Waals surface area (Å²) in [6, 6.07) is 6.13. The highest BCUT2D eigenvalue weighted by Gasteiger charge is 2.17. The molecule has 0 aromatic heterocycles. The number of alkyl halides is 2. The van der Waals surface area contributed by atoms with Gasteiger partial charge in [-0.05, 0) is 18.2 Å². The van der Waals surface area contributed by atoms with Crippen molar-refractivity contribution in [2.75, 3.05) is 0 Å². The number of hydrogen-bond donors (Lipinski definition) is 0. The average molecular weight is 251 g/mol. The summed E-state index contributed by atoms with van der Waals surface area (Å²) in [6.07, 6.45) is -3.10. The van der Waals surface area contributed by atoms with E-state index in [0.29, 0.717) is 4.47 Å². The van der Waals surface area contributed by atoms with Gasteiger partial charge in [0, 0.05) is 4.47 Å². The first kappa shape index (κ1) is 10.1. The normalized spacial score (nSPS) is 10.2. The van der Waals surface area contributed by atoms with Crippen LogP contribution in [0.4, 0.5) is 8.78 Å². The Labute approximate surface area is 81.6 Å². The van der Waals surface area contributed by atoms with Crippen LogP contribution in [0.2, 0.25) is 0 Å². The molecule has 0 amide bonds. The van der Waals surface area contributed by atoms with E-state index in [1.54, 1.807) is 12.1 Å². The fourth-order valence-electron chi connectivity index (χ4n) is 0.691. The smallest absolute Gasteiger partial charge is 0.379 e. The molecule has 0 unspecified atom stereocenters. The topological polar surface area (TPSA) is 26.3 Å².